The Balaban J connectivity index is 1.78. The highest BCUT2D eigenvalue weighted by molar-refractivity contribution is 8.13. The number of hydrogen-bond acceptors (Lipinski definition) is 8. The zero-order valence-electron chi connectivity index (χ0n) is 19.8. The van der Waals surface area contributed by atoms with Gasteiger partial charge in [-0.05, 0) is 43.0 Å². The molecular formula is C26H26N4O4S. The van der Waals surface area contributed by atoms with Crippen LogP contribution in [0.15, 0.2) is 59.9 Å². The first-order chi connectivity index (χ1) is 17.0. The number of ether oxygens (including phenoxy) is 3. The Hall–Kier alpha value is -4.03. The Morgan fingerprint density at radius 2 is 1.97 bits per heavy atom. The number of hydrogen-bond donors (Lipinski definition) is 1. The lowest BCUT2D eigenvalue weighted by Crippen LogP contribution is -2.08. The highest BCUT2D eigenvalue weighted by atomic mass is 32.2. The number of aromatic nitrogens is 2. The summed E-state index contributed by atoms with van der Waals surface area (Å²) in [7, 11) is 1.60. The van der Waals surface area contributed by atoms with Crippen LogP contribution in [-0.2, 0) is 13.0 Å². The Morgan fingerprint density at radius 1 is 1.14 bits per heavy atom. The third-order valence-corrected chi connectivity index (χ3v) is 5.30. The number of nitrogens with zero attached hydrogens (tertiary/aromatic N) is 3. The SMILES string of the molecule is CC#CCOc1cnc(C(=O)Cc2ccc(Oc3cccc(OC)c3)c(CN=C(N)SC)c2)cn1. The molecule has 0 saturated heterocycles. The molecule has 0 saturated carbocycles. The van der Waals surface area contributed by atoms with Crippen molar-refractivity contribution in [2.75, 3.05) is 20.0 Å². The standard InChI is InChI=1S/C26H26N4O4S/c1-4-5-11-33-25-17-28-22(16-29-25)23(31)13-18-9-10-24(19(12-18)15-30-26(27)35-3)34-21-8-6-7-20(14-21)32-2/h6-10,12,14,16-17H,11,13,15H2,1-3H3,(H2,27,30). The summed E-state index contributed by atoms with van der Waals surface area (Å²) in [5.74, 6) is 7.58. The molecule has 0 aliphatic heterocycles. The molecule has 0 aliphatic carbocycles. The Kier molecular flexibility index (Phi) is 9.51. The van der Waals surface area contributed by atoms with Gasteiger partial charge >= 0.3 is 0 Å². The summed E-state index contributed by atoms with van der Waals surface area (Å²) in [5.41, 5.74) is 7.71. The van der Waals surface area contributed by atoms with Crippen molar-refractivity contribution in [3.05, 3.63) is 71.7 Å². The molecule has 8 nitrogen and oxygen atoms in total. The monoisotopic (exact) mass is 490 g/mol. The van der Waals surface area contributed by atoms with E-state index in [0.717, 1.165) is 11.1 Å². The van der Waals surface area contributed by atoms with Gasteiger partial charge in [0.1, 0.15) is 22.9 Å². The number of nitrogens with two attached hydrogens (primary N) is 1. The molecule has 2 aromatic carbocycles. The third kappa shape index (κ3) is 7.76. The number of thioether (sulfide) groups is 1. The van der Waals surface area contributed by atoms with Crippen LogP contribution in [0.4, 0.5) is 0 Å². The molecule has 0 spiro atoms. The van der Waals surface area contributed by atoms with Crippen molar-refractivity contribution >= 4 is 22.7 Å². The predicted octanol–water partition coefficient (Wildman–Crippen LogP) is 4.28. The van der Waals surface area contributed by atoms with Gasteiger partial charge < -0.3 is 19.9 Å². The van der Waals surface area contributed by atoms with Crippen LogP contribution in [0.3, 0.4) is 0 Å². The van der Waals surface area contributed by atoms with E-state index in [2.05, 4.69) is 26.8 Å². The van der Waals surface area contributed by atoms with Crippen molar-refractivity contribution in [3.63, 3.8) is 0 Å². The predicted molar refractivity (Wildman–Crippen MR) is 137 cm³/mol. The van der Waals surface area contributed by atoms with Gasteiger partial charge in [0.05, 0.1) is 26.0 Å². The number of benzene rings is 2. The largest absolute Gasteiger partial charge is 0.497 e. The molecule has 0 radical (unpaired) electrons. The molecule has 3 rings (SSSR count). The second-order valence-electron chi connectivity index (χ2n) is 7.14. The Bertz CT molecular complexity index is 1250. The molecule has 35 heavy (non-hydrogen) atoms. The van der Waals surface area contributed by atoms with Gasteiger partial charge in [-0.2, -0.15) is 0 Å². The van der Waals surface area contributed by atoms with Crippen molar-refractivity contribution in [3.8, 4) is 35.0 Å². The van der Waals surface area contributed by atoms with E-state index in [9.17, 15) is 4.79 Å². The van der Waals surface area contributed by atoms with Crippen molar-refractivity contribution in [2.24, 2.45) is 10.7 Å². The van der Waals surface area contributed by atoms with E-state index in [1.807, 2.05) is 42.7 Å². The molecule has 0 unspecified atom stereocenters. The number of ketones is 1. The van der Waals surface area contributed by atoms with Crippen molar-refractivity contribution in [1.29, 1.82) is 0 Å². The van der Waals surface area contributed by atoms with Crippen LogP contribution in [0.1, 0.15) is 28.5 Å². The van der Waals surface area contributed by atoms with Crippen LogP contribution in [0.25, 0.3) is 0 Å². The first-order valence-electron chi connectivity index (χ1n) is 10.7. The van der Waals surface area contributed by atoms with Gasteiger partial charge in [0.25, 0.3) is 0 Å². The van der Waals surface area contributed by atoms with E-state index in [-0.39, 0.29) is 24.5 Å². The van der Waals surface area contributed by atoms with Crippen LogP contribution in [0.2, 0.25) is 0 Å². The van der Waals surface area contributed by atoms with Crippen molar-refractivity contribution < 1.29 is 19.0 Å². The van der Waals surface area contributed by atoms with Crippen LogP contribution in [0.5, 0.6) is 23.1 Å². The zero-order valence-corrected chi connectivity index (χ0v) is 20.6. The van der Waals surface area contributed by atoms with Gasteiger partial charge in [-0.15, -0.1) is 5.92 Å². The fourth-order valence-corrected chi connectivity index (χ4v) is 3.17. The first kappa shape index (κ1) is 25.6. The van der Waals surface area contributed by atoms with Gasteiger partial charge in [-0.3, -0.25) is 9.79 Å². The van der Waals surface area contributed by atoms with Gasteiger partial charge in [-0.1, -0.05) is 29.8 Å². The lowest BCUT2D eigenvalue weighted by molar-refractivity contribution is 0.0987. The lowest BCUT2D eigenvalue weighted by atomic mass is 10.0. The van der Waals surface area contributed by atoms with Crippen molar-refractivity contribution in [1.82, 2.24) is 9.97 Å². The van der Waals surface area contributed by atoms with E-state index in [1.165, 1.54) is 24.2 Å². The van der Waals surface area contributed by atoms with Gasteiger partial charge in [0.15, 0.2) is 17.6 Å². The number of methoxy groups -OCH3 is 1. The molecule has 0 aliphatic rings. The van der Waals surface area contributed by atoms with Gasteiger partial charge in [0.2, 0.25) is 5.88 Å². The smallest absolute Gasteiger partial charge is 0.233 e. The maximum absolute atomic E-state index is 12.8. The van der Waals surface area contributed by atoms with E-state index in [1.54, 1.807) is 20.1 Å². The second kappa shape index (κ2) is 13.0. The van der Waals surface area contributed by atoms with E-state index in [4.69, 9.17) is 19.9 Å². The summed E-state index contributed by atoms with van der Waals surface area (Å²) in [5, 5.41) is 0.460. The number of amidine groups is 1. The summed E-state index contributed by atoms with van der Waals surface area (Å²) in [6, 6.07) is 12.9. The average molecular weight is 491 g/mol. The highest BCUT2D eigenvalue weighted by Crippen LogP contribution is 2.29. The quantitative estimate of drug-likeness (QED) is 0.194. The number of rotatable bonds is 10. The summed E-state index contributed by atoms with van der Waals surface area (Å²) < 4.78 is 16.7. The molecule has 0 bridgehead atoms. The van der Waals surface area contributed by atoms with Crippen molar-refractivity contribution in [2.45, 2.75) is 19.9 Å². The minimum Gasteiger partial charge on any atom is -0.497 e. The van der Waals surface area contributed by atoms with Crippen LogP contribution in [0, 0.1) is 11.8 Å². The molecule has 3 aromatic rings. The number of Topliss-reactive ketones (excluding diaryl/α,β-unsaturated/α-hetero) is 1. The van der Waals surface area contributed by atoms with E-state index >= 15 is 0 Å². The molecule has 9 heteroatoms. The minimum absolute atomic E-state index is 0.143. The van der Waals surface area contributed by atoms with Crippen LogP contribution < -0.4 is 19.9 Å². The Morgan fingerprint density at radius 3 is 2.69 bits per heavy atom. The summed E-state index contributed by atoms with van der Waals surface area (Å²) in [6.45, 7) is 2.25. The zero-order chi connectivity index (χ0) is 25.0. The summed E-state index contributed by atoms with van der Waals surface area (Å²) in [4.78, 5) is 25.5. The summed E-state index contributed by atoms with van der Waals surface area (Å²) in [6.07, 6.45) is 4.82. The minimum atomic E-state index is -0.169. The van der Waals surface area contributed by atoms with Gasteiger partial charge in [-0.25, -0.2) is 9.97 Å². The maximum atomic E-state index is 12.8. The maximum Gasteiger partial charge on any atom is 0.233 e. The number of carbonyl (C=O) groups is 1. The highest BCUT2D eigenvalue weighted by Gasteiger charge is 2.13. The summed E-state index contributed by atoms with van der Waals surface area (Å²) >= 11 is 1.36. The molecule has 1 heterocycles. The van der Waals surface area contributed by atoms with E-state index in [0.29, 0.717) is 34.8 Å². The molecule has 180 valence electrons. The molecule has 1 aromatic heterocycles. The lowest BCUT2D eigenvalue weighted by Gasteiger charge is -2.13. The Labute approximate surface area is 208 Å². The van der Waals surface area contributed by atoms with Crippen LogP contribution in [-0.4, -0.2) is 40.9 Å². The van der Waals surface area contributed by atoms with Gasteiger partial charge in [0, 0.05) is 18.1 Å². The molecule has 0 atom stereocenters. The normalized spacial score (nSPS) is 10.8. The van der Waals surface area contributed by atoms with E-state index < -0.39 is 0 Å². The third-order valence-electron chi connectivity index (χ3n) is 4.76. The number of aliphatic imine (C=N–C) groups is 1. The molecule has 2 N–H and O–H groups in total. The average Bonchev–Trinajstić information content (AvgIpc) is 2.89. The molecule has 0 amide bonds. The second-order valence-corrected chi connectivity index (χ2v) is 7.96. The van der Waals surface area contributed by atoms with Crippen LogP contribution >= 0.6 is 11.8 Å². The molecular weight excluding hydrogens is 464 g/mol. The topological polar surface area (TPSA) is 109 Å². The fraction of sp³-hybridized carbons (Fsp3) is 0.231. The number of carbonyl (C=O) groups excluding carboxylic acids is 1. The molecule has 0 fully saturated rings. The first-order valence-corrected chi connectivity index (χ1v) is 11.9. The fourth-order valence-electron chi connectivity index (χ4n) is 2.98.